The second-order valence-corrected chi connectivity index (χ2v) is 4.53. The molecule has 0 spiro atoms. The van der Waals surface area contributed by atoms with Gasteiger partial charge in [-0.3, -0.25) is 0 Å². The average molecular weight is 223 g/mol. The first kappa shape index (κ1) is 11.6. The maximum atomic E-state index is 13.5. The van der Waals surface area contributed by atoms with Crippen LogP contribution in [0.3, 0.4) is 0 Å². The maximum absolute atomic E-state index is 13.5. The summed E-state index contributed by atoms with van der Waals surface area (Å²) >= 11 is 0. The summed E-state index contributed by atoms with van der Waals surface area (Å²) in [5.41, 5.74) is 0.406. The molecule has 2 rings (SSSR count). The number of aliphatic hydroxyl groups is 1. The lowest BCUT2D eigenvalue weighted by atomic mass is 9.90. The third-order valence-corrected chi connectivity index (χ3v) is 3.46. The molecule has 1 saturated heterocycles. The molecule has 1 aromatic carbocycles. The summed E-state index contributed by atoms with van der Waals surface area (Å²) in [5.74, 6) is -0.278. The van der Waals surface area contributed by atoms with Crippen LogP contribution in [0.1, 0.15) is 31.4 Å². The van der Waals surface area contributed by atoms with Crippen LogP contribution >= 0.6 is 0 Å². The smallest absolute Gasteiger partial charge is 0.129 e. The van der Waals surface area contributed by atoms with E-state index in [9.17, 15) is 9.50 Å². The molecule has 0 amide bonds. The molecular formula is C13H18FNO. The molecule has 0 saturated carbocycles. The predicted octanol–water partition coefficient (Wildman–Crippen LogP) is 2.25. The Hall–Kier alpha value is -0.930. The molecule has 1 aromatic rings. The van der Waals surface area contributed by atoms with Gasteiger partial charge in [-0.15, -0.1) is 0 Å². The van der Waals surface area contributed by atoms with Gasteiger partial charge in [0.05, 0.1) is 6.10 Å². The van der Waals surface area contributed by atoms with Crippen molar-refractivity contribution >= 4 is 0 Å². The van der Waals surface area contributed by atoms with Gasteiger partial charge in [0.15, 0.2) is 0 Å². The summed E-state index contributed by atoms with van der Waals surface area (Å²) in [6.45, 7) is 2.97. The number of halogens is 1. The zero-order chi connectivity index (χ0) is 11.5. The van der Waals surface area contributed by atoms with Crippen LogP contribution in [0.15, 0.2) is 24.3 Å². The fourth-order valence-corrected chi connectivity index (χ4v) is 2.38. The van der Waals surface area contributed by atoms with Crippen LogP contribution in [-0.2, 0) is 0 Å². The molecule has 1 fully saturated rings. The molecule has 3 heteroatoms. The van der Waals surface area contributed by atoms with Crippen LogP contribution in [0.2, 0.25) is 0 Å². The van der Waals surface area contributed by atoms with Gasteiger partial charge in [-0.2, -0.15) is 0 Å². The van der Waals surface area contributed by atoms with Crippen LogP contribution in [0.4, 0.5) is 4.39 Å². The Morgan fingerprint density at radius 1 is 1.44 bits per heavy atom. The van der Waals surface area contributed by atoms with Crippen LogP contribution in [-0.4, -0.2) is 17.7 Å². The molecule has 1 aliphatic rings. The Morgan fingerprint density at radius 3 is 2.81 bits per heavy atom. The minimum Gasteiger partial charge on any atom is -0.388 e. The van der Waals surface area contributed by atoms with Crippen molar-refractivity contribution in [1.82, 2.24) is 5.32 Å². The fourth-order valence-electron chi connectivity index (χ4n) is 2.38. The second kappa shape index (κ2) is 4.93. The number of hydrogen-bond acceptors (Lipinski definition) is 2. The Balaban J connectivity index is 2.11. The molecular weight excluding hydrogens is 205 g/mol. The van der Waals surface area contributed by atoms with E-state index in [0.29, 0.717) is 11.6 Å². The number of aliphatic hydroxyl groups excluding tert-OH is 1. The van der Waals surface area contributed by atoms with Crippen molar-refractivity contribution < 1.29 is 9.50 Å². The number of nitrogens with one attached hydrogen (secondary N) is 1. The summed E-state index contributed by atoms with van der Waals surface area (Å²) in [6.07, 6.45) is 1.47. The molecule has 88 valence electrons. The van der Waals surface area contributed by atoms with Gasteiger partial charge in [-0.05, 0) is 25.5 Å². The first-order chi connectivity index (χ1) is 7.70. The first-order valence-electron chi connectivity index (χ1n) is 5.86. The standard InChI is InChI=1S/C13H18FNO/c1-9(12-7-4-8-15-12)13(16)10-5-2-3-6-11(10)14/h2-3,5-6,9,12-13,15-16H,4,7-8H2,1H3. The van der Waals surface area contributed by atoms with Crippen LogP contribution in [0.5, 0.6) is 0 Å². The molecule has 16 heavy (non-hydrogen) atoms. The van der Waals surface area contributed by atoms with Gasteiger partial charge in [0.2, 0.25) is 0 Å². The molecule has 1 heterocycles. The molecule has 0 aliphatic carbocycles. The van der Waals surface area contributed by atoms with Crippen molar-refractivity contribution in [2.24, 2.45) is 5.92 Å². The Morgan fingerprint density at radius 2 is 2.19 bits per heavy atom. The van der Waals surface area contributed by atoms with Gasteiger partial charge in [0.25, 0.3) is 0 Å². The molecule has 0 bridgehead atoms. The van der Waals surface area contributed by atoms with E-state index in [1.165, 1.54) is 6.07 Å². The van der Waals surface area contributed by atoms with Crippen molar-refractivity contribution in [3.8, 4) is 0 Å². The van der Waals surface area contributed by atoms with Crippen molar-refractivity contribution in [2.75, 3.05) is 6.54 Å². The highest BCUT2D eigenvalue weighted by Gasteiger charge is 2.28. The molecule has 1 aliphatic heterocycles. The number of benzene rings is 1. The summed E-state index contributed by atoms with van der Waals surface area (Å²) in [7, 11) is 0. The van der Waals surface area contributed by atoms with Crippen LogP contribution in [0, 0.1) is 11.7 Å². The quantitative estimate of drug-likeness (QED) is 0.823. The predicted molar refractivity (Wildman–Crippen MR) is 61.5 cm³/mol. The van der Waals surface area contributed by atoms with E-state index in [4.69, 9.17) is 0 Å². The normalized spacial score (nSPS) is 24.3. The van der Waals surface area contributed by atoms with E-state index >= 15 is 0 Å². The Kier molecular flexibility index (Phi) is 3.56. The minimum atomic E-state index is -0.725. The SMILES string of the molecule is CC(C1CCCN1)C(O)c1ccccc1F. The van der Waals surface area contributed by atoms with Gasteiger partial charge in [-0.1, -0.05) is 25.1 Å². The van der Waals surface area contributed by atoms with Gasteiger partial charge >= 0.3 is 0 Å². The lowest BCUT2D eigenvalue weighted by Gasteiger charge is -2.25. The Bertz CT molecular complexity index is 350. The molecule has 0 radical (unpaired) electrons. The van der Waals surface area contributed by atoms with Gasteiger partial charge < -0.3 is 10.4 Å². The van der Waals surface area contributed by atoms with E-state index in [2.05, 4.69) is 5.32 Å². The van der Waals surface area contributed by atoms with Crippen LogP contribution < -0.4 is 5.32 Å². The summed E-state index contributed by atoms with van der Waals surface area (Å²) in [6, 6.07) is 6.76. The lowest BCUT2D eigenvalue weighted by molar-refractivity contribution is 0.0948. The van der Waals surface area contributed by atoms with E-state index in [-0.39, 0.29) is 11.7 Å². The third kappa shape index (κ3) is 2.25. The van der Waals surface area contributed by atoms with Crippen molar-refractivity contribution in [3.05, 3.63) is 35.6 Å². The zero-order valence-electron chi connectivity index (χ0n) is 9.49. The molecule has 3 atom stereocenters. The monoisotopic (exact) mass is 223 g/mol. The van der Waals surface area contributed by atoms with Crippen LogP contribution in [0.25, 0.3) is 0 Å². The summed E-state index contributed by atoms with van der Waals surface area (Å²) < 4.78 is 13.5. The first-order valence-corrected chi connectivity index (χ1v) is 5.86. The minimum absolute atomic E-state index is 0.0411. The van der Waals surface area contributed by atoms with E-state index in [0.717, 1.165) is 19.4 Å². The highest BCUT2D eigenvalue weighted by atomic mass is 19.1. The topological polar surface area (TPSA) is 32.3 Å². The van der Waals surface area contributed by atoms with E-state index < -0.39 is 6.10 Å². The van der Waals surface area contributed by atoms with Crippen molar-refractivity contribution in [2.45, 2.75) is 31.9 Å². The molecule has 0 aromatic heterocycles. The van der Waals surface area contributed by atoms with E-state index in [1.807, 2.05) is 6.92 Å². The van der Waals surface area contributed by atoms with E-state index in [1.54, 1.807) is 18.2 Å². The fraction of sp³-hybridized carbons (Fsp3) is 0.538. The number of hydrogen-bond donors (Lipinski definition) is 2. The summed E-state index contributed by atoms with van der Waals surface area (Å²) in [4.78, 5) is 0. The van der Waals surface area contributed by atoms with Gasteiger partial charge in [0, 0.05) is 17.5 Å². The van der Waals surface area contributed by atoms with Crippen molar-refractivity contribution in [3.63, 3.8) is 0 Å². The zero-order valence-corrected chi connectivity index (χ0v) is 9.49. The Labute approximate surface area is 95.5 Å². The lowest BCUT2D eigenvalue weighted by Crippen LogP contribution is -2.32. The number of rotatable bonds is 3. The highest BCUT2D eigenvalue weighted by molar-refractivity contribution is 5.20. The molecule has 3 unspecified atom stereocenters. The molecule has 2 N–H and O–H groups in total. The van der Waals surface area contributed by atoms with Crippen molar-refractivity contribution in [1.29, 1.82) is 0 Å². The third-order valence-electron chi connectivity index (χ3n) is 3.46. The van der Waals surface area contributed by atoms with Gasteiger partial charge in [-0.25, -0.2) is 4.39 Å². The molecule has 2 nitrogen and oxygen atoms in total. The largest absolute Gasteiger partial charge is 0.388 e. The second-order valence-electron chi connectivity index (χ2n) is 4.53. The van der Waals surface area contributed by atoms with Gasteiger partial charge in [0.1, 0.15) is 5.82 Å². The maximum Gasteiger partial charge on any atom is 0.129 e. The average Bonchev–Trinajstić information content (AvgIpc) is 2.81. The summed E-state index contributed by atoms with van der Waals surface area (Å²) in [5, 5.41) is 13.5. The highest BCUT2D eigenvalue weighted by Crippen LogP contribution is 2.29.